The number of aromatic nitrogens is 2. The van der Waals surface area contributed by atoms with Crippen LogP contribution in [-0.4, -0.2) is 21.6 Å². The summed E-state index contributed by atoms with van der Waals surface area (Å²) in [5, 5.41) is 4.75. The highest BCUT2D eigenvalue weighted by Crippen LogP contribution is 2.48. The number of amides is 1. The molecule has 1 radical (unpaired) electrons. The predicted molar refractivity (Wildman–Crippen MR) is 321 cm³/mol. The number of hydrogen-bond donors (Lipinski definition) is 0. The zero-order chi connectivity index (χ0) is 52.4. The maximum atomic E-state index is 15.1. The van der Waals surface area contributed by atoms with Gasteiger partial charge < -0.3 is 18.9 Å². The molecule has 1 amide bonds. The summed E-state index contributed by atoms with van der Waals surface area (Å²) in [6, 6.07) is 75.1. The largest absolute Gasteiger partial charge is 0.340 e. The smallest absolute Gasteiger partial charge is 0.231 e. The van der Waals surface area contributed by atoms with E-state index in [9.17, 15) is 0 Å². The van der Waals surface area contributed by atoms with Crippen LogP contribution in [0.1, 0.15) is 113 Å². The second-order valence-electron chi connectivity index (χ2n) is 21.8. The van der Waals surface area contributed by atoms with E-state index in [0.29, 0.717) is 13.0 Å². The normalized spacial score (nSPS) is 13.6. The Morgan fingerprint density at radius 3 is 1.22 bits per heavy atom. The van der Waals surface area contributed by atoms with Crippen molar-refractivity contribution in [1.82, 2.24) is 9.13 Å². The summed E-state index contributed by atoms with van der Waals surface area (Å²) in [5.41, 5.74) is 18.1. The summed E-state index contributed by atoms with van der Waals surface area (Å²) in [6.07, 6.45) is 1.31. The molecule has 0 saturated carbocycles. The van der Waals surface area contributed by atoms with Gasteiger partial charge in [-0.25, -0.2) is 0 Å². The van der Waals surface area contributed by atoms with Crippen LogP contribution in [0.3, 0.4) is 0 Å². The Balaban J connectivity index is 1.09. The lowest BCUT2D eigenvalue weighted by Crippen LogP contribution is -2.53. The van der Waals surface area contributed by atoms with E-state index < -0.39 is 0 Å². The molecule has 0 atom stereocenters. The Kier molecular flexibility index (Phi) is 12.6. The van der Waals surface area contributed by atoms with Gasteiger partial charge in [-0.15, -0.1) is 0 Å². The molecule has 1 aliphatic heterocycles. The molecule has 1 saturated heterocycles. The molecule has 0 aliphatic carbocycles. The van der Waals surface area contributed by atoms with Gasteiger partial charge in [-0.05, 0) is 131 Å². The van der Waals surface area contributed by atoms with Gasteiger partial charge in [-0.1, -0.05) is 177 Å². The molecule has 76 heavy (non-hydrogen) atoms. The minimum atomic E-state index is 0.117. The first-order chi connectivity index (χ1) is 37.0. The quantitative estimate of drug-likeness (QED) is 0.122. The van der Waals surface area contributed by atoms with Crippen LogP contribution in [0, 0.1) is 6.17 Å². The van der Waals surface area contributed by atoms with Crippen LogP contribution in [0.4, 0.5) is 28.4 Å². The second-order valence-corrected chi connectivity index (χ2v) is 21.8. The minimum absolute atomic E-state index is 0.117. The molecule has 0 spiro atoms. The van der Waals surface area contributed by atoms with Crippen LogP contribution in [0.5, 0.6) is 0 Å². The molecule has 6 heteroatoms. The molecule has 1 aliphatic rings. The maximum Gasteiger partial charge on any atom is 0.231 e. The van der Waals surface area contributed by atoms with Gasteiger partial charge >= 0.3 is 0 Å². The van der Waals surface area contributed by atoms with Gasteiger partial charge in [0.2, 0.25) is 5.91 Å². The predicted octanol–water partition coefficient (Wildman–Crippen LogP) is 18.6. The Morgan fingerprint density at radius 2 is 0.776 bits per heavy atom. The van der Waals surface area contributed by atoms with Gasteiger partial charge in [-0.2, -0.15) is 0 Å². The van der Waals surface area contributed by atoms with Crippen molar-refractivity contribution < 1.29 is 4.79 Å². The third-order valence-electron chi connectivity index (χ3n) is 15.7. The highest BCUT2D eigenvalue weighted by atomic mass is 16.2. The molecule has 3 heterocycles. The molecule has 11 aromatic rings. The van der Waals surface area contributed by atoms with Crippen molar-refractivity contribution in [1.29, 1.82) is 0 Å². The Morgan fingerprint density at radius 1 is 0.382 bits per heavy atom. The van der Waals surface area contributed by atoms with Crippen molar-refractivity contribution >= 4 is 78.0 Å². The SMILES string of the molecule is CC(C)c1cccc(C(C)C)c1N1CCC(=O)N(c2c(C(C)C)cccc2C(C)C)[C]1c1ccc(N(c2ccc3c(c2)c2ccccc2n3-c2ccccc2)c2ccc3c(c2)c2ccccc2n3-c2ccccc2)cc1. The Hall–Kier alpha value is -8.35. The fraction of sp³-hybridized carbons (Fsp3) is 0.200. The maximum absolute atomic E-state index is 15.1. The summed E-state index contributed by atoms with van der Waals surface area (Å²) in [4.78, 5) is 22.1. The zero-order valence-corrected chi connectivity index (χ0v) is 45.0. The van der Waals surface area contributed by atoms with E-state index in [1.54, 1.807) is 0 Å². The molecule has 6 nitrogen and oxygen atoms in total. The number of rotatable bonds is 12. The van der Waals surface area contributed by atoms with E-state index >= 15 is 4.79 Å². The number of carbonyl (C=O) groups excluding carboxylic acids is 1. The van der Waals surface area contributed by atoms with Crippen molar-refractivity contribution in [3.63, 3.8) is 0 Å². The molecular weight excluding hydrogens is 927 g/mol. The monoisotopic (exact) mass is 993 g/mol. The van der Waals surface area contributed by atoms with Crippen molar-refractivity contribution in [3.8, 4) is 11.4 Å². The van der Waals surface area contributed by atoms with Gasteiger partial charge in [0.05, 0.1) is 27.8 Å². The van der Waals surface area contributed by atoms with Crippen LogP contribution >= 0.6 is 0 Å². The Labute approximate surface area is 448 Å². The molecule has 377 valence electrons. The molecule has 1 fully saturated rings. The molecular formula is C70H66N5O. The van der Waals surface area contributed by atoms with Gasteiger partial charge in [0, 0.05) is 74.2 Å². The second kappa shape index (κ2) is 19.7. The topological polar surface area (TPSA) is 36.7 Å². The van der Waals surface area contributed by atoms with Gasteiger partial charge in [0.15, 0.2) is 6.17 Å². The molecule has 0 bridgehead atoms. The van der Waals surface area contributed by atoms with Crippen LogP contribution in [0.2, 0.25) is 0 Å². The number of nitrogens with zero attached hydrogens (tertiary/aromatic N) is 5. The minimum Gasteiger partial charge on any atom is -0.340 e. The van der Waals surface area contributed by atoms with Crippen LogP contribution < -0.4 is 14.7 Å². The van der Waals surface area contributed by atoms with Gasteiger partial charge in [0.1, 0.15) is 0 Å². The number of para-hydroxylation sites is 6. The third kappa shape index (κ3) is 8.22. The van der Waals surface area contributed by atoms with Crippen LogP contribution in [0.25, 0.3) is 55.0 Å². The van der Waals surface area contributed by atoms with E-state index in [1.807, 2.05) is 0 Å². The first-order valence-electron chi connectivity index (χ1n) is 27.3. The molecule has 9 aromatic carbocycles. The summed E-state index contributed by atoms with van der Waals surface area (Å²) < 4.78 is 4.76. The van der Waals surface area contributed by atoms with Crippen LogP contribution in [0.15, 0.2) is 206 Å². The van der Waals surface area contributed by atoms with Crippen LogP contribution in [-0.2, 0) is 4.79 Å². The van der Waals surface area contributed by atoms with E-state index in [-0.39, 0.29) is 29.6 Å². The zero-order valence-electron chi connectivity index (χ0n) is 45.0. The van der Waals surface area contributed by atoms with Crippen molar-refractivity contribution in [2.24, 2.45) is 0 Å². The molecule has 0 N–H and O–H groups in total. The summed E-state index contributed by atoms with van der Waals surface area (Å²) in [6.45, 7) is 18.7. The number of hydrogen-bond acceptors (Lipinski definition) is 3. The first-order valence-corrected chi connectivity index (χ1v) is 27.3. The summed E-state index contributed by atoms with van der Waals surface area (Å²) >= 11 is 0. The Bertz CT molecular complexity index is 3730. The fourth-order valence-corrected chi connectivity index (χ4v) is 12.1. The van der Waals surface area contributed by atoms with E-state index in [4.69, 9.17) is 0 Å². The molecule has 0 unspecified atom stereocenters. The lowest BCUT2D eigenvalue weighted by Gasteiger charge is -2.47. The number of carbonyl (C=O) groups is 1. The van der Waals surface area contributed by atoms with Crippen molar-refractivity contribution in [2.45, 2.75) is 85.5 Å². The van der Waals surface area contributed by atoms with E-state index in [2.05, 4.69) is 285 Å². The number of fused-ring (bicyclic) bond motifs is 6. The van der Waals surface area contributed by atoms with Crippen molar-refractivity contribution in [3.05, 3.63) is 240 Å². The summed E-state index contributed by atoms with van der Waals surface area (Å²) in [5.74, 6) is 1.04. The van der Waals surface area contributed by atoms with E-state index in [0.717, 1.165) is 56.9 Å². The lowest BCUT2D eigenvalue weighted by molar-refractivity contribution is -0.118. The highest BCUT2D eigenvalue weighted by Gasteiger charge is 2.42. The molecule has 2 aromatic heterocycles. The lowest BCUT2D eigenvalue weighted by atomic mass is 9.88. The highest BCUT2D eigenvalue weighted by molar-refractivity contribution is 6.12. The van der Waals surface area contributed by atoms with Gasteiger partial charge in [-0.3, -0.25) is 9.69 Å². The molecule has 12 rings (SSSR count). The number of anilines is 5. The third-order valence-corrected chi connectivity index (χ3v) is 15.7. The summed E-state index contributed by atoms with van der Waals surface area (Å²) in [7, 11) is 0. The number of benzene rings is 9. The fourth-order valence-electron chi connectivity index (χ4n) is 12.1. The van der Waals surface area contributed by atoms with Crippen molar-refractivity contribution in [2.75, 3.05) is 21.2 Å². The standard InChI is InChI=1S/C70H66N5O/c1-45(2)55-27-19-28-56(46(3)4)68(55)71-42-41-67(76)75(69-57(47(5)6)29-20-30-58(69)48(7)8)70(71)49-33-35-52(36-34-49)72(53-37-39-65-61(43-53)59-25-15-17-31-63(59)73(65)50-21-11-9-12-22-50)54-38-40-66-62(44-54)60-26-16-18-32-64(60)74(66)51-23-13-10-14-24-51/h9-40,43-48H,41-42H2,1-8H3. The average molecular weight is 993 g/mol. The van der Waals surface area contributed by atoms with E-state index in [1.165, 1.54) is 60.5 Å². The average Bonchev–Trinajstić information content (AvgIpc) is 3.98. The first kappa shape index (κ1) is 48.6. The van der Waals surface area contributed by atoms with Gasteiger partial charge in [0.25, 0.3) is 0 Å².